The van der Waals surface area contributed by atoms with Crippen LogP contribution in [-0.4, -0.2) is 54.8 Å². The lowest BCUT2D eigenvalue weighted by molar-refractivity contribution is -0.194. The molecule has 0 atom stereocenters. The zero-order chi connectivity index (χ0) is 25.7. The average Bonchev–Trinajstić information content (AvgIpc) is 3.55. The quantitative estimate of drug-likeness (QED) is 0.335. The normalized spacial score (nSPS) is 19.8. The molecule has 1 saturated carbocycles. The maximum atomic E-state index is 16.1. The Hall–Kier alpha value is -3.18. The monoisotopic (exact) mass is 503 g/mol. The molecule has 1 aliphatic heterocycles. The zero-order valence-electron chi connectivity index (χ0n) is 20.1. The van der Waals surface area contributed by atoms with Crippen molar-refractivity contribution < 1.29 is 27.8 Å². The minimum Gasteiger partial charge on any atom is -0.512 e. The van der Waals surface area contributed by atoms with Gasteiger partial charge in [-0.1, -0.05) is 0 Å². The molecular formula is C25H28F3N5O3. The lowest BCUT2D eigenvalue weighted by Crippen LogP contribution is -2.43. The third-order valence-corrected chi connectivity index (χ3v) is 7.03. The summed E-state index contributed by atoms with van der Waals surface area (Å²) >= 11 is 0. The number of pyridine rings is 1. The molecule has 2 fully saturated rings. The predicted octanol–water partition coefficient (Wildman–Crippen LogP) is 5.65. The van der Waals surface area contributed by atoms with E-state index >= 15 is 4.39 Å². The molecule has 192 valence electrons. The highest BCUT2D eigenvalue weighted by atomic mass is 19.3. The van der Waals surface area contributed by atoms with Gasteiger partial charge in [0.2, 0.25) is 0 Å². The molecule has 1 spiro atoms. The summed E-state index contributed by atoms with van der Waals surface area (Å²) in [5.41, 5.74) is 1.49. The number of allylic oxidation sites excluding steroid dienone is 2. The Morgan fingerprint density at radius 1 is 1.14 bits per heavy atom. The second-order valence-corrected chi connectivity index (χ2v) is 9.59. The molecule has 3 aromatic heterocycles. The molecule has 2 aliphatic rings. The fraction of sp³-hybridized carbons (Fsp3) is 0.480. The van der Waals surface area contributed by atoms with Gasteiger partial charge in [-0.2, -0.15) is 13.9 Å². The summed E-state index contributed by atoms with van der Waals surface area (Å²) in [6, 6.07) is 1.74. The summed E-state index contributed by atoms with van der Waals surface area (Å²) in [5, 5.41) is 21.9. The van der Waals surface area contributed by atoms with Crippen molar-refractivity contribution in [3.8, 4) is 11.1 Å². The van der Waals surface area contributed by atoms with Crippen molar-refractivity contribution in [2.75, 3.05) is 13.2 Å². The van der Waals surface area contributed by atoms with Crippen molar-refractivity contribution in [1.82, 2.24) is 19.3 Å². The number of fused-ring (bicyclic) bond motifs is 1. The molecule has 1 saturated heterocycles. The van der Waals surface area contributed by atoms with Gasteiger partial charge in [0.05, 0.1) is 42.7 Å². The highest BCUT2D eigenvalue weighted by Crippen LogP contribution is 2.44. The van der Waals surface area contributed by atoms with Crippen LogP contribution in [-0.2, 0) is 16.0 Å². The van der Waals surface area contributed by atoms with Crippen LogP contribution in [0.15, 0.2) is 36.6 Å². The van der Waals surface area contributed by atoms with E-state index < -0.39 is 18.0 Å². The molecule has 1 aliphatic carbocycles. The van der Waals surface area contributed by atoms with E-state index in [1.165, 1.54) is 25.5 Å². The molecule has 0 unspecified atom stereocenters. The van der Waals surface area contributed by atoms with Crippen molar-refractivity contribution in [2.45, 2.75) is 64.1 Å². The smallest absolute Gasteiger partial charge is 0.333 e. The molecule has 0 radical (unpaired) electrons. The van der Waals surface area contributed by atoms with E-state index in [-0.39, 0.29) is 30.9 Å². The van der Waals surface area contributed by atoms with Gasteiger partial charge in [0.15, 0.2) is 5.79 Å². The first-order valence-electron chi connectivity index (χ1n) is 11.8. The number of aliphatic hydroxyl groups excluding tert-OH is 1. The Balaban J connectivity index is 1.57. The lowest BCUT2D eigenvalue weighted by Gasteiger charge is -2.39. The molecule has 4 heterocycles. The fourth-order valence-corrected chi connectivity index (χ4v) is 5.25. The topological polar surface area (TPSA) is 98.2 Å². The minimum absolute atomic E-state index is 0.0222. The second-order valence-electron chi connectivity index (χ2n) is 9.59. The van der Waals surface area contributed by atoms with Gasteiger partial charge in [-0.05, 0) is 32.8 Å². The predicted molar refractivity (Wildman–Crippen MR) is 128 cm³/mol. The SMILES string of the molecule is CC(=N)/C(=C(/C)O)c1cnc2c(-c3cnn(C(F)F)c3)cn(CC3(F)CCC4(CC3)OCCO4)c2c1. The molecule has 0 bridgehead atoms. The summed E-state index contributed by atoms with van der Waals surface area (Å²) in [7, 11) is 0. The first-order valence-corrected chi connectivity index (χ1v) is 11.8. The van der Waals surface area contributed by atoms with Gasteiger partial charge in [-0.3, -0.25) is 4.98 Å². The number of rotatable bonds is 6. The van der Waals surface area contributed by atoms with E-state index in [2.05, 4.69) is 10.1 Å². The second kappa shape index (κ2) is 9.04. The third kappa shape index (κ3) is 4.41. The fourth-order valence-electron chi connectivity index (χ4n) is 5.25. The van der Waals surface area contributed by atoms with Gasteiger partial charge in [0.1, 0.15) is 5.67 Å². The van der Waals surface area contributed by atoms with Crippen LogP contribution in [0.2, 0.25) is 0 Å². The summed E-state index contributed by atoms with van der Waals surface area (Å²) < 4.78 is 56.2. The molecule has 3 aromatic rings. The summed E-state index contributed by atoms with van der Waals surface area (Å²) in [5.74, 6) is -0.728. The standard InChI is InChI=1S/C25H28F3N5O3/c1-15(29)21(16(2)34)17-9-20-22(30-10-17)19(18-11-31-33(12-18)23(26)27)13-32(20)14-24(28)3-5-25(6-4-24)35-7-8-36-25/h9-13,23,29,34H,3-8,14H2,1-2H3/b21-16+,29-15?. The Morgan fingerprint density at radius 3 is 2.42 bits per heavy atom. The van der Waals surface area contributed by atoms with Crippen LogP contribution >= 0.6 is 0 Å². The molecule has 0 amide bonds. The molecule has 36 heavy (non-hydrogen) atoms. The van der Waals surface area contributed by atoms with E-state index in [1.54, 1.807) is 23.8 Å². The van der Waals surface area contributed by atoms with Crippen LogP contribution in [0.5, 0.6) is 0 Å². The van der Waals surface area contributed by atoms with E-state index in [0.29, 0.717) is 64.0 Å². The summed E-state index contributed by atoms with van der Waals surface area (Å²) in [6.45, 7) is 1.31. The van der Waals surface area contributed by atoms with Gasteiger partial charge in [-0.15, -0.1) is 0 Å². The van der Waals surface area contributed by atoms with Crippen LogP contribution in [0.4, 0.5) is 13.2 Å². The lowest BCUT2D eigenvalue weighted by atomic mass is 9.82. The Kier molecular flexibility index (Phi) is 6.16. The highest BCUT2D eigenvalue weighted by Gasteiger charge is 2.47. The van der Waals surface area contributed by atoms with Crippen LogP contribution in [0.3, 0.4) is 0 Å². The molecule has 0 aromatic carbocycles. The van der Waals surface area contributed by atoms with Crippen LogP contribution in [0, 0.1) is 5.41 Å². The Labute approximate surface area is 205 Å². The average molecular weight is 504 g/mol. The largest absolute Gasteiger partial charge is 0.512 e. The Bertz CT molecular complexity index is 1330. The van der Waals surface area contributed by atoms with E-state index in [4.69, 9.17) is 14.9 Å². The van der Waals surface area contributed by atoms with Gasteiger partial charge in [0, 0.05) is 59.4 Å². The number of nitrogens with one attached hydrogen (secondary N) is 1. The van der Waals surface area contributed by atoms with E-state index in [0.717, 1.165) is 0 Å². The zero-order valence-corrected chi connectivity index (χ0v) is 20.1. The minimum atomic E-state index is -2.79. The Morgan fingerprint density at radius 2 is 1.83 bits per heavy atom. The van der Waals surface area contributed by atoms with Crippen molar-refractivity contribution in [3.63, 3.8) is 0 Å². The maximum absolute atomic E-state index is 16.1. The third-order valence-electron chi connectivity index (χ3n) is 7.03. The number of alkyl halides is 3. The van der Waals surface area contributed by atoms with Gasteiger partial charge >= 0.3 is 6.55 Å². The van der Waals surface area contributed by atoms with Gasteiger partial charge in [-0.25, -0.2) is 9.07 Å². The number of aliphatic hydroxyl groups is 1. The molecular weight excluding hydrogens is 475 g/mol. The molecule has 8 nitrogen and oxygen atoms in total. The molecule has 5 rings (SSSR count). The number of hydrogen-bond acceptors (Lipinski definition) is 6. The number of hydrogen-bond donors (Lipinski definition) is 2. The van der Waals surface area contributed by atoms with Crippen molar-refractivity contribution in [2.24, 2.45) is 0 Å². The van der Waals surface area contributed by atoms with Crippen molar-refractivity contribution >= 4 is 22.3 Å². The first-order chi connectivity index (χ1) is 17.1. The summed E-state index contributed by atoms with van der Waals surface area (Å²) in [4.78, 5) is 4.54. The van der Waals surface area contributed by atoms with Crippen molar-refractivity contribution in [3.05, 3.63) is 42.2 Å². The number of nitrogens with zero attached hydrogens (tertiary/aromatic N) is 4. The molecule has 11 heteroatoms. The highest BCUT2D eigenvalue weighted by molar-refractivity contribution is 6.22. The summed E-state index contributed by atoms with van der Waals surface area (Å²) in [6.07, 6.45) is 7.18. The number of aromatic nitrogens is 4. The number of halogens is 3. The first kappa shape index (κ1) is 24.5. The molecule has 2 N–H and O–H groups in total. The van der Waals surface area contributed by atoms with E-state index in [1.807, 2.05) is 0 Å². The van der Waals surface area contributed by atoms with E-state index in [9.17, 15) is 13.9 Å². The number of ether oxygens (including phenoxy) is 2. The van der Waals surface area contributed by atoms with Gasteiger partial charge < -0.3 is 24.6 Å². The van der Waals surface area contributed by atoms with Crippen LogP contribution in [0.25, 0.3) is 27.7 Å². The van der Waals surface area contributed by atoms with Crippen LogP contribution in [0.1, 0.15) is 51.6 Å². The van der Waals surface area contributed by atoms with Crippen molar-refractivity contribution in [1.29, 1.82) is 5.41 Å². The van der Waals surface area contributed by atoms with Gasteiger partial charge in [0.25, 0.3) is 0 Å². The van der Waals surface area contributed by atoms with Crippen LogP contribution < -0.4 is 0 Å². The maximum Gasteiger partial charge on any atom is 0.333 e.